The summed E-state index contributed by atoms with van der Waals surface area (Å²) in [5.74, 6) is 2.24. The number of nitriles is 1. The SMILES string of the molecule is N#Cc1cc([N+](=O)[O-])ccc1NC1CCSCC1. The quantitative estimate of drug-likeness (QED) is 0.670. The Labute approximate surface area is 109 Å². The van der Waals surface area contributed by atoms with Crippen molar-refractivity contribution in [2.75, 3.05) is 16.8 Å². The van der Waals surface area contributed by atoms with Gasteiger partial charge in [-0.1, -0.05) is 0 Å². The van der Waals surface area contributed by atoms with Gasteiger partial charge >= 0.3 is 0 Å². The molecule has 0 atom stereocenters. The molecule has 1 aliphatic heterocycles. The molecule has 1 N–H and O–H groups in total. The normalized spacial score (nSPS) is 15.9. The first-order valence-electron chi connectivity index (χ1n) is 5.73. The van der Waals surface area contributed by atoms with Gasteiger partial charge in [0.15, 0.2) is 0 Å². The highest BCUT2D eigenvalue weighted by atomic mass is 32.2. The fourth-order valence-corrected chi connectivity index (χ4v) is 3.03. The molecular formula is C12H13N3O2S. The van der Waals surface area contributed by atoms with E-state index >= 15 is 0 Å². The molecule has 0 unspecified atom stereocenters. The number of non-ortho nitro benzene ring substituents is 1. The minimum Gasteiger partial charge on any atom is -0.381 e. The molecule has 0 amide bonds. The van der Waals surface area contributed by atoms with Crippen molar-refractivity contribution in [1.82, 2.24) is 0 Å². The second-order valence-electron chi connectivity index (χ2n) is 4.13. The van der Waals surface area contributed by atoms with Gasteiger partial charge in [-0.05, 0) is 30.4 Å². The van der Waals surface area contributed by atoms with Gasteiger partial charge in [0.25, 0.3) is 5.69 Å². The van der Waals surface area contributed by atoms with Crippen LogP contribution in [0.1, 0.15) is 18.4 Å². The molecular weight excluding hydrogens is 250 g/mol. The summed E-state index contributed by atoms with van der Waals surface area (Å²) in [5.41, 5.74) is 0.985. The Bertz CT molecular complexity index is 493. The summed E-state index contributed by atoms with van der Waals surface area (Å²) < 4.78 is 0. The Hall–Kier alpha value is -1.74. The first kappa shape index (κ1) is 12.7. The van der Waals surface area contributed by atoms with E-state index in [1.807, 2.05) is 17.8 Å². The van der Waals surface area contributed by atoms with Crippen molar-refractivity contribution in [1.29, 1.82) is 5.26 Å². The standard InChI is InChI=1S/C12H13N3O2S/c13-8-9-7-11(15(16)17)1-2-12(9)14-10-3-5-18-6-4-10/h1-2,7,10,14H,3-6H2. The molecule has 1 aliphatic rings. The summed E-state index contributed by atoms with van der Waals surface area (Å²) in [4.78, 5) is 10.2. The molecule has 94 valence electrons. The third-order valence-corrected chi connectivity index (χ3v) is 3.96. The van der Waals surface area contributed by atoms with Crippen LogP contribution in [0.25, 0.3) is 0 Å². The van der Waals surface area contributed by atoms with Crippen LogP contribution in [0.4, 0.5) is 11.4 Å². The third kappa shape index (κ3) is 2.93. The predicted octanol–water partition coefficient (Wildman–Crippen LogP) is 2.77. The molecule has 0 saturated carbocycles. The molecule has 0 spiro atoms. The topological polar surface area (TPSA) is 79.0 Å². The van der Waals surface area contributed by atoms with E-state index in [9.17, 15) is 10.1 Å². The molecule has 1 aromatic carbocycles. The number of nitrogens with one attached hydrogen (secondary N) is 1. The Kier molecular flexibility index (Phi) is 4.05. The van der Waals surface area contributed by atoms with Gasteiger partial charge in [0.2, 0.25) is 0 Å². The van der Waals surface area contributed by atoms with Gasteiger partial charge < -0.3 is 5.32 Å². The molecule has 0 bridgehead atoms. The van der Waals surface area contributed by atoms with Crippen LogP contribution >= 0.6 is 11.8 Å². The van der Waals surface area contributed by atoms with Gasteiger partial charge in [-0.3, -0.25) is 10.1 Å². The number of rotatable bonds is 3. The van der Waals surface area contributed by atoms with Crippen molar-refractivity contribution in [2.45, 2.75) is 18.9 Å². The van der Waals surface area contributed by atoms with Crippen LogP contribution in [0.2, 0.25) is 0 Å². The average Bonchev–Trinajstić information content (AvgIpc) is 2.40. The highest BCUT2D eigenvalue weighted by Crippen LogP contribution is 2.25. The number of nitro benzene ring substituents is 1. The van der Waals surface area contributed by atoms with Crippen LogP contribution in [0.15, 0.2) is 18.2 Å². The minimum atomic E-state index is -0.484. The van der Waals surface area contributed by atoms with Crippen LogP contribution in [-0.4, -0.2) is 22.5 Å². The van der Waals surface area contributed by atoms with E-state index in [2.05, 4.69) is 5.32 Å². The molecule has 1 fully saturated rings. The second kappa shape index (κ2) is 5.74. The maximum atomic E-state index is 10.6. The van der Waals surface area contributed by atoms with Crippen molar-refractivity contribution < 1.29 is 4.92 Å². The van der Waals surface area contributed by atoms with Gasteiger partial charge in [0, 0.05) is 18.2 Å². The van der Waals surface area contributed by atoms with E-state index in [4.69, 9.17) is 5.26 Å². The Balaban J connectivity index is 2.17. The third-order valence-electron chi connectivity index (χ3n) is 2.92. The summed E-state index contributed by atoms with van der Waals surface area (Å²) in [6.07, 6.45) is 2.12. The molecule has 6 heteroatoms. The number of benzene rings is 1. The van der Waals surface area contributed by atoms with Crippen molar-refractivity contribution in [3.05, 3.63) is 33.9 Å². The van der Waals surface area contributed by atoms with Crippen molar-refractivity contribution >= 4 is 23.1 Å². The molecule has 2 rings (SSSR count). The molecule has 5 nitrogen and oxygen atoms in total. The summed E-state index contributed by atoms with van der Waals surface area (Å²) >= 11 is 1.93. The summed E-state index contributed by atoms with van der Waals surface area (Å²) in [6, 6.07) is 6.74. The molecule has 1 heterocycles. The number of nitrogens with zero attached hydrogens (tertiary/aromatic N) is 2. The highest BCUT2D eigenvalue weighted by Gasteiger charge is 2.16. The van der Waals surface area contributed by atoms with E-state index < -0.39 is 4.92 Å². The summed E-state index contributed by atoms with van der Waals surface area (Å²) in [7, 11) is 0. The molecule has 1 aromatic rings. The van der Waals surface area contributed by atoms with Crippen LogP contribution < -0.4 is 5.32 Å². The van der Waals surface area contributed by atoms with Crippen molar-refractivity contribution in [3.8, 4) is 6.07 Å². The number of nitro groups is 1. The molecule has 0 aliphatic carbocycles. The van der Waals surface area contributed by atoms with Gasteiger partial charge in [0.1, 0.15) is 6.07 Å². The largest absolute Gasteiger partial charge is 0.381 e. The smallest absolute Gasteiger partial charge is 0.270 e. The van der Waals surface area contributed by atoms with E-state index in [-0.39, 0.29) is 5.69 Å². The maximum absolute atomic E-state index is 10.6. The van der Waals surface area contributed by atoms with Crippen LogP contribution in [-0.2, 0) is 0 Å². The molecule has 0 radical (unpaired) electrons. The van der Waals surface area contributed by atoms with Crippen molar-refractivity contribution in [3.63, 3.8) is 0 Å². The monoisotopic (exact) mass is 263 g/mol. The van der Waals surface area contributed by atoms with E-state index in [0.29, 0.717) is 17.3 Å². The predicted molar refractivity (Wildman–Crippen MR) is 71.8 cm³/mol. The van der Waals surface area contributed by atoms with Crippen LogP contribution in [0.5, 0.6) is 0 Å². The van der Waals surface area contributed by atoms with E-state index in [1.165, 1.54) is 12.1 Å². The van der Waals surface area contributed by atoms with Gasteiger partial charge in [-0.2, -0.15) is 17.0 Å². The first-order valence-corrected chi connectivity index (χ1v) is 6.89. The number of hydrogen-bond acceptors (Lipinski definition) is 5. The lowest BCUT2D eigenvalue weighted by Crippen LogP contribution is -2.24. The molecule has 18 heavy (non-hydrogen) atoms. The fraction of sp³-hybridized carbons (Fsp3) is 0.417. The Morgan fingerprint density at radius 2 is 2.17 bits per heavy atom. The van der Waals surface area contributed by atoms with E-state index in [1.54, 1.807) is 6.07 Å². The lowest BCUT2D eigenvalue weighted by molar-refractivity contribution is -0.384. The average molecular weight is 263 g/mol. The number of hydrogen-bond donors (Lipinski definition) is 1. The molecule has 1 saturated heterocycles. The molecule has 0 aromatic heterocycles. The lowest BCUT2D eigenvalue weighted by Gasteiger charge is -2.24. The summed E-state index contributed by atoms with van der Waals surface area (Å²) in [5, 5.41) is 23.0. The Morgan fingerprint density at radius 1 is 1.44 bits per heavy atom. The van der Waals surface area contributed by atoms with Crippen LogP contribution in [0.3, 0.4) is 0 Å². The fourth-order valence-electron chi connectivity index (χ4n) is 1.93. The lowest BCUT2D eigenvalue weighted by atomic mass is 10.1. The van der Waals surface area contributed by atoms with E-state index in [0.717, 1.165) is 24.3 Å². The van der Waals surface area contributed by atoms with Gasteiger partial charge in [0.05, 0.1) is 16.2 Å². The van der Waals surface area contributed by atoms with Gasteiger partial charge in [-0.25, -0.2) is 0 Å². The minimum absolute atomic E-state index is 0.0451. The second-order valence-corrected chi connectivity index (χ2v) is 5.35. The van der Waals surface area contributed by atoms with Gasteiger partial charge in [-0.15, -0.1) is 0 Å². The first-order chi connectivity index (χ1) is 8.70. The number of thioether (sulfide) groups is 1. The zero-order chi connectivity index (χ0) is 13.0. The van der Waals surface area contributed by atoms with Crippen molar-refractivity contribution in [2.24, 2.45) is 0 Å². The maximum Gasteiger partial charge on any atom is 0.270 e. The zero-order valence-electron chi connectivity index (χ0n) is 9.76. The Morgan fingerprint density at radius 3 is 2.78 bits per heavy atom. The zero-order valence-corrected chi connectivity index (χ0v) is 10.6. The number of anilines is 1. The summed E-state index contributed by atoms with van der Waals surface area (Å²) in [6.45, 7) is 0. The van der Waals surface area contributed by atoms with Crippen LogP contribution in [0, 0.1) is 21.4 Å². The highest BCUT2D eigenvalue weighted by molar-refractivity contribution is 7.99.